The third-order valence-electron chi connectivity index (χ3n) is 4.55. The number of nitrogens with zero attached hydrogens (tertiary/aromatic N) is 1. The van der Waals surface area contributed by atoms with E-state index in [1.54, 1.807) is 30.3 Å². The minimum absolute atomic E-state index is 0.210. The molecule has 0 fully saturated rings. The van der Waals surface area contributed by atoms with Crippen molar-refractivity contribution in [2.45, 2.75) is 20.3 Å². The third-order valence-corrected chi connectivity index (χ3v) is 4.55. The molecule has 136 valence electrons. The summed E-state index contributed by atoms with van der Waals surface area (Å²) in [6.45, 7) is 4.32. The van der Waals surface area contributed by atoms with Crippen LogP contribution in [0.1, 0.15) is 27.9 Å². The van der Waals surface area contributed by atoms with E-state index >= 15 is 0 Å². The lowest BCUT2D eigenvalue weighted by Crippen LogP contribution is -2.23. The fourth-order valence-electron chi connectivity index (χ4n) is 3.21. The first-order valence-corrected chi connectivity index (χ1v) is 8.72. The van der Waals surface area contributed by atoms with E-state index in [0.717, 1.165) is 27.8 Å². The molecular weight excluding hydrogens is 341 g/mol. The molecule has 1 heterocycles. The quantitative estimate of drug-likeness (QED) is 0.670. The second kappa shape index (κ2) is 7.88. The Labute approximate surface area is 157 Å². The Bertz CT molecular complexity index is 1070. The second-order valence-electron chi connectivity index (χ2n) is 6.45. The first-order valence-electron chi connectivity index (χ1n) is 8.72. The highest BCUT2D eigenvalue weighted by Gasteiger charge is 2.13. The molecule has 0 saturated heterocycles. The Morgan fingerprint density at radius 3 is 2.89 bits per heavy atom. The summed E-state index contributed by atoms with van der Waals surface area (Å²) in [6, 6.07) is 12.3. The number of carbonyl (C=O) groups excluding carboxylic acids is 1. The zero-order chi connectivity index (χ0) is 19.4. The number of nitriles is 1. The smallest absolute Gasteiger partial charge is 0.244 e. The summed E-state index contributed by atoms with van der Waals surface area (Å²) in [7, 11) is 0. The number of rotatable bonds is 5. The maximum atomic E-state index is 14.0. The molecule has 3 aromatic rings. The molecule has 27 heavy (non-hydrogen) atoms. The summed E-state index contributed by atoms with van der Waals surface area (Å²) in [5, 5.41) is 12.6. The minimum Gasteiger partial charge on any atom is -0.356 e. The summed E-state index contributed by atoms with van der Waals surface area (Å²) >= 11 is 0. The van der Waals surface area contributed by atoms with Crippen LogP contribution in [0.3, 0.4) is 0 Å². The SMILES string of the molecule is Cc1[nH]c2c(F)ccc(C)c2c1CCNC(=O)C=Cc1cccc(C#N)c1. The molecule has 1 amide bonds. The molecule has 0 radical (unpaired) electrons. The fraction of sp³-hybridized carbons (Fsp3) is 0.182. The van der Waals surface area contributed by atoms with Gasteiger partial charge in [-0.05, 0) is 61.2 Å². The van der Waals surface area contributed by atoms with Crippen LogP contribution in [-0.4, -0.2) is 17.4 Å². The van der Waals surface area contributed by atoms with Crippen LogP contribution in [0.4, 0.5) is 4.39 Å². The lowest BCUT2D eigenvalue weighted by Gasteiger charge is -2.05. The van der Waals surface area contributed by atoms with Gasteiger partial charge in [0.1, 0.15) is 5.82 Å². The van der Waals surface area contributed by atoms with Crippen LogP contribution in [-0.2, 0) is 11.2 Å². The summed E-state index contributed by atoms with van der Waals surface area (Å²) < 4.78 is 14.0. The Kier molecular flexibility index (Phi) is 5.37. The summed E-state index contributed by atoms with van der Waals surface area (Å²) in [4.78, 5) is 15.1. The maximum Gasteiger partial charge on any atom is 0.244 e. The van der Waals surface area contributed by atoms with Gasteiger partial charge >= 0.3 is 0 Å². The molecule has 0 atom stereocenters. The van der Waals surface area contributed by atoms with Crippen LogP contribution in [0.2, 0.25) is 0 Å². The predicted octanol–water partition coefficient (Wildman–Crippen LogP) is 4.17. The number of aromatic amines is 1. The van der Waals surface area contributed by atoms with Crippen molar-refractivity contribution in [2.75, 3.05) is 6.54 Å². The van der Waals surface area contributed by atoms with Crippen LogP contribution in [0.15, 0.2) is 42.5 Å². The number of hydrogen-bond donors (Lipinski definition) is 2. The van der Waals surface area contributed by atoms with Gasteiger partial charge in [0.2, 0.25) is 5.91 Å². The van der Waals surface area contributed by atoms with Gasteiger partial charge in [-0.25, -0.2) is 4.39 Å². The Morgan fingerprint density at radius 1 is 1.30 bits per heavy atom. The minimum atomic E-state index is -0.267. The van der Waals surface area contributed by atoms with E-state index in [0.29, 0.717) is 24.0 Å². The first kappa shape index (κ1) is 18.4. The van der Waals surface area contributed by atoms with Crippen molar-refractivity contribution >= 4 is 22.9 Å². The molecule has 0 unspecified atom stereocenters. The predicted molar refractivity (Wildman–Crippen MR) is 105 cm³/mol. The van der Waals surface area contributed by atoms with Gasteiger partial charge in [-0.2, -0.15) is 5.26 Å². The highest BCUT2D eigenvalue weighted by molar-refractivity contribution is 5.92. The van der Waals surface area contributed by atoms with Crippen LogP contribution in [0, 0.1) is 31.0 Å². The fourth-order valence-corrected chi connectivity index (χ4v) is 3.21. The lowest BCUT2D eigenvalue weighted by molar-refractivity contribution is -0.116. The molecule has 0 saturated carbocycles. The van der Waals surface area contributed by atoms with E-state index in [9.17, 15) is 9.18 Å². The highest BCUT2D eigenvalue weighted by atomic mass is 19.1. The van der Waals surface area contributed by atoms with Gasteiger partial charge in [-0.1, -0.05) is 18.2 Å². The van der Waals surface area contributed by atoms with Crippen molar-refractivity contribution in [2.24, 2.45) is 0 Å². The molecular formula is C22H20FN3O. The first-order chi connectivity index (χ1) is 13.0. The third kappa shape index (κ3) is 4.06. The molecule has 0 aliphatic rings. The van der Waals surface area contributed by atoms with Gasteiger partial charge in [0.15, 0.2) is 0 Å². The van der Waals surface area contributed by atoms with Gasteiger partial charge in [-0.3, -0.25) is 4.79 Å². The van der Waals surface area contributed by atoms with E-state index in [1.165, 1.54) is 12.1 Å². The van der Waals surface area contributed by atoms with Crippen molar-refractivity contribution in [1.82, 2.24) is 10.3 Å². The number of halogens is 1. The van der Waals surface area contributed by atoms with Gasteiger partial charge in [0.25, 0.3) is 0 Å². The van der Waals surface area contributed by atoms with E-state index in [1.807, 2.05) is 19.9 Å². The van der Waals surface area contributed by atoms with Gasteiger partial charge in [0, 0.05) is 23.7 Å². The van der Waals surface area contributed by atoms with Crippen molar-refractivity contribution in [1.29, 1.82) is 5.26 Å². The zero-order valence-electron chi connectivity index (χ0n) is 15.3. The topological polar surface area (TPSA) is 68.7 Å². The molecule has 0 bridgehead atoms. The highest BCUT2D eigenvalue weighted by Crippen LogP contribution is 2.27. The van der Waals surface area contributed by atoms with E-state index < -0.39 is 0 Å². The number of fused-ring (bicyclic) bond motifs is 1. The number of nitrogens with one attached hydrogen (secondary N) is 2. The molecule has 2 N–H and O–H groups in total. The Hall–Kier alpha value is -3.39. The van der Waals surface area contributed by atoms with Crippen LogP contribution in [0.25, 0.3) is 17.0 Å². The number of H-pyrrole nitrogens is 1. The molecule has 4 nitrogen and oxygen atoms in total. The zero-order valence-corrected chi connectivity index (χ0v) is 15.3. The summed E-state index contributed by atoms with van der Waals surface area (Å²) in [5.41, 5.74) is 4.81. The standard InChI is InChI=1S/C22H20FN3O/c1-14-6-8-19(23)22-21(14)18(15(2)26-22)10-11-25-20(27)9-7-16-4-3-5-17(12-16)13-24/h3-9,12,26H,10-11H2,1-2H3,(H,25,27). The number of carbonyl (C=O) groups is 1. The second-order valence-corrected chi connectivity index (χ2v) is 6.45. The number of benzene rings is 2. The monoisotopic (exact) mass is 361 g/mol. The Morgan fingerprint density at radius 2 is 2.11 bits per heavy atom. The maximum absolute atomic E-state index is 14.0. The van der Waals surface area contributed by atoms with Crippen molar-refractivity contribution in [3.05, 3.63) is 76.2 Å². The summed E-state index contributed by atoms with van der Waals surface area (Å²) in [5.74, 6) is -0.478. The van der Waals surface area contributed by atoms with Gasteiger partial charge in [0.05, 0.1) is 17.1 Å². The largest absolute Gasteiger partial charge is 0.356 e. The summed E-state index contributed by atoms with van der Waals surface area (Å²) in [6.07, 6.45) is 3.73. The van der Waals surface area contributed by atoms with Gasteiger partial charge in [-0.15, -0.1) is 0 Å². The molecule has 3 rings (SSSR count). The van der Waals surface area contributed by atoms with Crippen LogP contribution >= 0.6 is 0 Å². The molecule has 1 aromatic heterocycles. The van der Waals surface area contributed by atoms with E-state index in [2.05, 4.69) is 16.4 Å². The lowest BCUT2D eigenvalue weighted by atomic mass is 10.0. The van der Waals surface area contributed by atoms with E-state index in [-0.39, 0.29) is 11.7 Å². The normalized spacial score (nSPS) is 11.0. The van der Waals surface area contributed by atoms with Crippen molar-refractivity contribution < 1.29 is 9.18 Å². The number of aromatic nitrogens is 1. The van der Waals surface area contributed by atoms with Crippen LogP contribution < -0.4 is 5.32 Å². The number of amides is 1. The van der Waals surface area contributed by atoms with Crippen LogP contribution in [0.5, 0.6) is 0 Å². The van der Waals surface area contributed by atoms with Crippen molar-refractivity contribution in [3.63, 3.8) is 0 Å². The number of hydrogen-bond acceptors (Lipinski definition) is 2. The average Bonchev–Trinajstić information content (AvgIpc) is 3.01. The average molecular weight is 361 g/mol. The molecule has 2 aromatic carbocycles. The molecule has 5 heteroatoms. The Balaban J connectivity index is 1.65. The van der Waals surface area contributed by atoms with E-state index in [4.69, 9.17) is 5.26 Å². The molecule has 0 aliphatic heterocycles. The number of aryl methyl sites for hydroxylation is 2. The van der Waals surface area contributed by atoms with Gasteiger partial charge < -0.3 is 10.3 Å². The molecule has 0 aliphatic carbocycles. The van der Waals surface area contributed by atoms with Crippen molar-refractivity contribution in [3.8, 4) is 6.07 Å². The molecule has 0 spiro atoms.